The molecule has 1 N–H and O–H groups in total. The summed E-state index contributed by atoms with van der Waals surface area (Å²) in [5.41, 5.74) is 2.17. The maximum atomic E-state index is 13.8. The minimum Gasteiger partial charge on any atom is -0.352 e. The summed E-state index contributed by atoms with van der Waals surface area (Å²) in [5.74, 6) is -0.820. The molecule has 3 aromatic rings. The molecule has 0 heterocycles. The molecule has 2 amide bonds. The van der Waals surface area contributed by atoms with Crippen molar-refractivity contribution in [3.8, 4) is 0 Å². The summed E-state index contributed by atoms with van der Waals surface area (Å²) in [6.07, 6.45) is 0. The van der Waals surface area contributed by atoms with E-state index in [1.54, 1.807) is 37.3 Å². The highest BCUT2D eigenvalue weighted by Crippen LogP contribution is 2.25. The quantitative estimate of drug-likeness (QED) is 0.400. The SMILES string of the molecule is Cc1ccccc1CN(C(=O)CN(c1ccccc1)S(=O)(=O)c1ccc(Cl)cc1)[C@@H](C)C(=O)NC(C)C. The molecule has 0 fully saturated rings. The molecule has 3 rings (SSSR count). The van der Waals surface area contributed by atoms with Crippen LogP contribution in [0.25, 0.3) is 0 Å². The lowest BCUT2D eigenvalue weighted by Crippen LogP contribution is -2.52. The molecule has 0 saturated carbocycles. The molecular weight excluding hydrogens is 510 g/mol. The van der Waals surface area contributed by atoms with E-state index in [4.69, 9.17) is 11.6 Å². The number of amides is 2. The molecule has 37 heavy (non-hydrogen) atoms. The standard InChI is InChI=1S/C28H32ClN3O4S/c1-20(2)30-28(34)22(4)31(18-23-11-9-8-10-21(23)3)27(33)19-32(25-12-6-5-7-13-25)37(35,36)26-16-14-24(29)15-17-26/h5-17,20,22H,18-19H2,1-4H3,(H,30,34)/t22-/m0/s1. The van der Waals surface area contributed by atoms with Crippen molar-refractivity contribution in [2.45, 2.75) is 51.2 Å². The second-order valence-corrected chi connectivity index (χ2v) is 11.4. The van der Waals surface area contributed by atoms with Crippen LogP contribution in [0, 0.1) is 6.92 Å². The summed E-state index contributed by atoms with van der Waals surface area (Å²) in [6, 6.07) is 20.9. The smallest absolute Gasteiger partial charge is 0.264 e. The number of nitrogens with one attached hydrogen (secondary N) is 1. The van der Waals surface area contributed by atoms with Gasteiger partial charge < -0.3 is 10.2 Å². The van der Waals surface area contributed by atoms with Gasteiger partial charge in [0.05, 0.1) is 10.6 Å². The van der Waals surface area contributed by atoms with Crippen LogP contribution in [0.5, 0.6) is 0 Å². The molecule has 0 aliphatic rings. The molecule has 0 aliphatic heterocycles. The number of halogens is 1. The Balaban J connectivity index is 2.01. The van der Waals surface area contributed by atoms with Crippen LogP contribution in [0.2, 0.25) is 5.02 Å². The second kappa shape index (κ2) is 12.3. The van der Waals surface area contributed by atoms with Crippen molar-refractivity contribution >= 4 is 39.1 Å². The summed E-state index contributed by atoms with van der Waals surface area (Å²) in [5, 5.41) is 3.25. The Morgan fingerprint density at radius 1 is 0.892 bits per heavy atom. The first-order valence-corrected chi connectivity index (χ1v) is 13.8. The maximum Gasteiger partial charge on any atom is 0.264 e. The summed E-state index contributed by atoms with van der Waals surface area (Å²) in [6.45, 7) is 6.93. The molecule has 196 valence electrons. The zero-order valence-corrected chi connectivity index (χ0v) is 23.0. The van der Waals surface area contributed by atoms with Crippen LogP contribution in [0.3, 0.4) is 0 Å². The van der Waals surface area contributed by atoms with Gasteiger partial charge in [-0.3, -0.25) is 13.9 Å². The Morgan fingerprint density at radius 2 is 1.49 bits per heavy atom. The van der Waals surface area contributed by atoms with Crippen LogP contribution >= 0.6 is 11.6 Å². The van der Waals surface area contributed by atoms with Gasteiger partial charge in [0.2, 0.25) is 11.8 Å². The number of benzene rings is 3. The lowest BCUT2D eigenvalue weighted by molar-refractivity contribution is -0.139. The normalized spacial score (nSPS) is 12.2. The minimum absolute atomic E-state index is 0.00426. The molecule has 9 heteroatoms. The van der Waals surface area contributed by atoms with Gasteiger partial charge in [0.25, 0.3) is 10.0 Å². The number of sulfonamides is 1. The molecule has 0 saturated heterocycles. The van der Waals surface area contributed by atoms with E-state index in [1.807, 2.05) is 45.0 Å². The van der Waals surface area contributed by atoms with Gasteiger partial charge in [-0.25, -0.2) is 8.42 Å². The summed E-state index contributed by atoms with van der Waals surface area (Å²) in [4.78, 5) is 28.2. The third-order valence-electron chi connectivity index (χ3n) is 5.92. The molecule has 0 spiro atoms. The number of carbonyl (C=O) groups is 2. The molecule has 7 nitrogen and oxygen atoms in total. The summed E-state index contributed by atoms with van der Waals surface area (Å²) in [7, 11) is -4.12. The Morgan fingerprint density at radius 3 is 2.08 bits per heavy atom. The number of rotatable bonds is 10. The predicted octanol–water partition coefficient (Wildman–Crippen LogP) is 4.79. The topological polar surface area (TPSA) is 86.8 Å². The van der Waals surface area contributed by atoms with E-state index in [2.05, 4.69) is 5.32 Å². The highest BCUT2D eigenvalue weighted by Gasteiger charge is 2.32. The fraction of sp³-hybridized carbons (Fsp3) is 0.286. The first kappa shape index (κ1) is 28.2. The monoisotopic (exact) mass is 541 g/mol. The van der Waals surface area contributed by atoms with Crippen molar-refractivity contribution < 1.29 is 18.0 Å². The second-order valence-electron chi connectivity index (χ2n) is 9.09. The molecule has 0 unspecified atom stereocenters. The fourth-order valence-electron chi connectivity index (χ4n) is 3.82. The average Bonchev–Trinajstić information content (AvgIpc) is 2.86. The number of para-hydroxylation sites is 1. The van der Waals surface area contributed by atoms with Gasteiger partial charge in [0.15, 0.2) is 0 Å². The number of carbonyl (C=O) groups excluding carboxylic acids is 2. The number of anilines is 1. The molecule has 0 aliphatic carbocycles. The Bertz CT molecular complexity index is 1330. The molecule has 0 bridgehead atoms. The molecule has 0 radical (unpaired) electrons. The zero-order chi connectivity index (χ0) is 27.2. The molecule has 0 aromatic heterocycles. The predicted molar refractivity (Wildman–Crippen MR) is 147 cm³/mol. The van der Waals surface area contributed by atoms with Gasteiger partial charge in [-0.05, 0) is 75.2 Å². The highest BCUT2D eigenvalue weighted by atomic mass is 35.5. The lowest BCUT2D eigenvalue weighted by Gasteiger charge is -2.32. The summed E-state index contributed by atoms with van der Waals surface area (Å²) >= 11 is 5.97. The fourth-order valence-corrected chi connectivity index (χ4v) is 5.36. The largest absolute Gasteiger partial charge is 0.352 e. The molecule has 3 aromatic carbocycles. The van der Waals surface area contributed by atoms with Gasteiger partial charge in [-0.2, -0.15) is 0 Å². The van der Waals surface area contributed by atoms with Crippen molar-refractivity contribution in [3.63, 3.8) is 0 Å². The van der Waals surface area contributed by atoms with Crippen LogP contribution in [-0.2, 0) is 26.2 Å². The minimum atomic E-state index is -4.12. The Hall–Kier alpha value is -3.36. The third kappa shape index (κ3) is 7.11. The van der Waals surface area contributed by atoms with Gasteiger partial charge in [0.1, 0.15) is 12.6 Å². The van der Waals surface area contributed by atoms with E-state index in [0.29, 0.717) is 10.7 Å². The maximum absolute atomic E-state index is 13.8. The van der Waals surface area contributed by atoms with Gasteiger partial charge >= 0.3 is 0 Å². The van der Waals surface area contributed by atoms with Crippen molar-refractivity contribution in [1.82, 2.24) is 10.2 Å². The van der Waals surface area contributed by atoms with E-state index in [9.17, 15) is 18.0 Å². The van der Waals surface area contributed by atoms with Crippen LogP contribution < -0.4 is 9.62 Å². The average molecular weight is 542 g/mol. The molecule has 1 atom stereocenters. The van der Waals surface area contributed by atoms with Crippen LogP contribution in [0.1, 0.15) is 31.9 Å². The summed E-state index contributed by atoms with van der Waals surface area (Å²) < 4.78 is 28.5. The van der Waals surface area contributed by atoms with E-state index < -0.39 is 28.5 Å². The Kier molecular flexibility index (Phi) is 9.34. The van der Waals surface area contributed by atoms with Crippen LogP contribution in [-0.4, -0.2) is 43.8 Å². The van der Waals surface area contributed by atoms with Crippen molar-refractivity contribution in [3.05, 3.63) is 95.0 Å². The van der Waals surface area contributed by atoms with E-state index in [-0.39, 0.29) is 23.4 Å². The van der Waals surface area contributed by atoms with E-state index in [0.717, 1.165) is 15.4 Å². The third-order valence-corrected chi connectivity index (χ3v) is 7.96. The van der Waals surface area contributed by atoms with Crippen LogP contribution in [0.4, 0.5) is 5.69 Å². The van der Waals surface area contributed by atoms with Crippen molar-refractivity contribution in [1.29, 1.82) is 0 Å². The van der Waals surface area contributed by atoms with Crippen molar-refractivity contribution in [2.24, 2.45) is 0 Å². The van der Waals surface area contributed by atoms with Crippen molar-refractivity contribution in [2.75, 3.05) is 10.8 Å². The first-order chi connectivity index (χ1) is 17.5. The number of nitrogens with zero attached hydrogens (tertiary/aromatic N) is 2. The zero-order valence-electron chi connectivity index (χ0n) is 21.4. The Labute approximate surface area is 224 Å². The van der Waals surface area contributed by atoms with Gasteiger partial charge in [0, 0.05) is 17.6 Å². The number of aryl methyl sites for hydroxylation is 1. The van der Waals surface area contributed by atoms with E-state index in [1.165, 1.54) is 29.2 Å². The van der Waals surface area contributed by atoms with Crippen LogP contribution in [0.15, 0.2) is 83.8 Å². The van der Waals surface area contributed by atoms with Gasteiger partial charge in [-0.1, -0.05) is 54.1 Å². The molecular formula is C28H32ClN3O4S. The van der Waals surface area contributed by atoms with Gasteiger partial charge in [-0.15, -0.1) is 0 Å². The highest BCUT2D eigenvalue weighted by molar-refractivity contribution is 7.92. The van der Waals surface area contributed by atoms with E-state index >= 15 is 0 Å². The number of hydrogen-bond acceptors (Lipinski definition) is 4. The first-order valence-electron chi connectivity index (χ1n) is 12.0. The lowest BCUT2D eigenvalue weighted by atomic mass is 10.1. The number of hydrogen-bond donors (Lipinski definition) is 1.